The fraction of sp³-hybridized carbons (Fsp3) is 0.375. The Balaban J connectivity index is 2.49. The van der Waals surface area contributed by atoms with E-state index in [1.807, 2.05) is 37.3 Å². The number of hydrogen-bond acceptors (Lipinski definition) is 3. The number of rotatable bonds is 2. The van der Waals surface area contributed by atoms with Crippen LogP contribution in [0.25, 0.3) is 5.69 Å². The van der Waals surface area contributed by atoms with Crippen molar-refractivity contribution in [2.24, 2.45) is 0 Å². The molecule has 1 heterocycles. The van der Waals surface area contributed by atoms with Gasteiger partial charge >= 0.3 is 6.09 Å². The standard InChI is InChI=1S/C16H21N3O2/c1-11-6-8-12(9-7-11)19-14(17-15(20)21-5)10-13(18-19)16(2,3)4/h6-10H,1-5H3,(H,17,20). The summed E-state index contributed by atoms with van der Waals surface area (Å²) in [4.78, 5) is 11.5. The van der Waals surface area contributed by atoms with Crippen LogP contribution in [0.15, 0.2) is 30.3 Å². The monoisotopic (exact) mass is 287 g/mol. The van der Waals surface area contributed by atoms with E-state index in [-0.39, 0.29) is 5.41 Å². The van der Waals surface area contributed by atoms with Crippen molar-refractivity contribution in [3.8, 4) is 5.69 Å². The number of nitrogens with one attached hydrogen (secondary N) is 1. The molecular weight excluding hydrogens is 266 g/mol. The minimum absolute atomic E-state index is 0.109. The first-order chi connectivity index (χ1) is 9.81. The molecule has 2 rings (SSSR count). The van der Waals surface area contributed by atoms with Gasteiger partial charge in [-0.1, -0.05) is 38.5 Å². The second-order valence-corrected chi connectivity index (χ2v) is 6.03. The lowest BCUT2D eigenvalue weighted by Crippen LogP contribution is -2.14. The second-order valence-electron chi connectivity index (χ2n) is 6.03. The van der Waals surface area contributed by atoms with Gasteiger partial charge in [-0.3, -0.25) is 5.32 Å². The minimum atomic E-state index is -0.510. The van der Waals surface area contributed by atoms with E-state index in [2.05, 4.69) is 35.9 Å². The molecular formula is C16H21N3O2. The van der Waals surface area contributed by atoms with E-state index >= 15 is 0 Å². The number of carbonyl (C=O) groups is 1. The van der Waals surface area contributed by atoms with Crippen LogP contribution in [-0.2, 0) is 10.2 Å². The molecule has 0 fully saturated rings. The molecule has 112 valence electrons. The molecule has 0 unspecified atom stereocenters. The van der Waals surface area contributed by atoms with Gasteiger partial charge in [-0.2, -0.15) is 5.10 Å². The van der Waals surface area contributed by atoms with Gasteiger partial charge in [-0.25, -0.2) is 9.48 Å². The second kappa shape index (κ2) is 5.60. The zero-order chi connectivity index (χ0) is 15.6. The van der Waals surface area contributed by atoms with Gasteiger partial charge in [0.05, 0.1) is 18.5 Å². The maximum atomic E-state index is 11.5. The van der Waals surface area contributed by atoms with Crippen LogP contribution < -0.4 is 5.32 Å². The number of methoxy groups -OCH3 is 1. The number of hydrogen-bond donors (Lipinski definition) is 1. The molecule has 5 nitrogen and oxygen atoms in total. The van der Waals surface area contributed by atoms with Crippen molar-refractivity contribution in [2.45, 2.75) is 33.1 Å². The third-order valence-electron chi connectivity index (χ3n) is 3.17. The molecule has 0 atom stereocenters. The van der Waals surface area contributed by atoms with Crippen molar-refractivity contribution >= 4 is 11.9 Å². The van der Waals surface area contributed by atoms with Crippen LogP contribution >= 0.6 is 0 Å². The average molecular weight is 287 g/mol. The number of ether oxygens (including phenoxy) is 1. The van der Waals surface area contributed by atoms with E-state index in [4.69, 9.17) is 0 Å². The summed E-state index contributed by atoms with van der Waals surface area (Å²) < 4.78 is 6.39. The van der Waals surface area contributed by atoms with Gasteiger partial charge in [0.15, 0.2) is 0 Å². The number of aromatic nitrogens is 2. The van der Waals surface area contributed by atoms with Crippen LogP contribution in [0.4, 0.5) is 10.6 Å². The Bertz CT molecular complexity index is 637. The maximum Gasteiger partial charge on any atom is 0.412 e. The summed E-state index contributed by atoms with van der Waals surface area (Å²) in [7, 11) is 1.34. The highest BCUT2D eigenvalue weighted by molar-refractivity contribution is 5.83. The van der Waals surface area contributed by atoms with Crippen LogP contribution in [0.2, 0.25) is 0 Å². The average Bonchev–Trinajstić information content (AvgIpc) is 2.83. The first kappa shape index (κ1) is 15.1. The highest BCUT2D eigenvalue weighted by Gasteiger charge is 2.21. The largest absolute Gasteiger partial charge is 0.453 e. The summed E-state index contributed by atoms with van der Waals surface area (Å²) in [5.74, 6) is 0.593. The Morgan fingerprint density at radius 3 is 2.38 bits per heavy atom. The van der Waals surface area contributed by atoms with Gasteiger partial charge in [-0.15, -0.1) is 0 Å². The van der Waals surface area contributed by atoms with Gasteiger partial charge in [0.2, 0.25) is 0 Å². The third-order valence-corrected chi connectivity index (χ3v) is 3.17. The van der Waals surface area contributed by atoms with E-state index < -0.39 is 6.09 Å². The number of amides is 1. The van der Waals surface area contributed by atoms with Crippen LogP contribution in [0, 0.1) is 6.92 Å². The summed E-state index contributed by atoms with van der Waals surface area (Å²) in [5, 5.41) is 7.32. The normalized spacial score (nSPS) is 11.3. The van der Waals surface area contributed by atoms with Gasteiger partial charge in [0, 0.05) is 11.5 Å². The van der Waals surface area contributed by atoms with E-state index in [1.165, 1.54) is 12.7 Å². The molecule has 21 heavy (non-hydrogen) atoms. The van der Waals surface area contributed by atoms with E-state index in [9.17, 15) is 4.79 Å². The Morgan fingerprint density at radius 2 is 1.86 bits per heavy atom. The molecule has 0 aliphatic heterocycles. The molecule has 0 saturated heterocycles. The van der Waals surface area contributed by atoms with E-state index in [0.717, 1.165) is 11.4 Å². The molecule has 1 N–H and O–H groups in total. The zero-order valence-corrected chi connectivity index (χ0v) is 13.1. The predicted octanol–water partition coefficient (Wildman–Crippen LogP) is 3.66. The van der Waals surface area contributed by atoms with Crippen LogP contribution in [-0.4, -0.2) is 23.0 Å². The van der Waals surface area contributed by atoms with Crippen LogP contribution in [0.1, 0.15) is 32.0 Å². The summed E-state index contributed by atoms with van der Waals surface area (Å²) in [5.41, 5.74) is 2.85. The molecule has 1 amide bonds. The molecule has 0 radical (unpaired) electrons. The number of anilines is 1. The smallest absolute Gasteiger partial charge is 0.412 e. The SMILES string of the molecule is COC(=O)Nc1cc(C(C)(C)C)nn1-c1ccc(C)cc1. The predicted molar refractivity (Wildman–Crippen MR) is 83.0 cm³/mol. The molecule has 0 bridgehead atoms. The van der Waals surface area contributed by atoms with Gasteiger partial charge in [0.25, 0.3) is 0 Å². The first-order valence-electron chi connectivity index (χ1n) is 6.84. The summed E-state index contributed by atoms with van der Waals surface area (Å²) in [6.07, 6.45) is -0.510. The van der Waals surface area contributed by atoms with Crippen LogP contribution in [0.5, 0.6) is 0 Å². The lowest BCUT2D eigenvalue weighted by Gasteiger charge is -2.14. The Morgan fingerprint density at radius 1 is 1.24 bits per heavy atom. The van der Waals surface area contributed by atoms with Gasteiger partial charge in [-0.05, 0) is 19.1 Å². The number of aryl methyl sites for hydroxylation is 1. The fourth-order valence-electron chi connectivity index (χ4n) is 1.88. The Labute approximate surface area is 124 Å². The lowest BCUT2D eigenvalue weighted by atomic mass is 9.92. The Kier molecular flexibility index (Phi) is 4.02. The number of carbonyl (C=O) groups excluding carboxylic acids is 1. The Hall–Kier alpha value is -2.30. The van der Waals surface area contributed by atoms with Crippen molar-refractivity contribution in [1.82, 2.24) is 9.78 Å². The number of nitrogens with zero attached hydrogens (tertiary/aromatic N) is 2. The highest BCUT2D eigenvalue weighted by atomic mass is 16.5. The maximum absolute atomic E-state index is 11.5. The quantitative estimate of drug-likeness (QED) is 0.917. The fourth-order valence-corrected chi connectivity index (χ4v) is 1.88. The molecule has 5 heteroatoms. The van der Waals surface area contributed by atoms with Crippen LogP contribution in [0.3, 0.4) is 0 Å². The molecule has 0 aliphatic carbocycles. The summed E-state index contributed by atoms with van der Waals surface area (Å²) in [6.45, 7) is 8.27. The topological polar surface area (TPSA) is 56.1 Å². The molecule has 0 saturated carbocycles. The van der Waals surface area contributed by atoms with Crippen molar-refractivity contribution in [3.63, 3.8) is 0 Å². The zero-order valence-electron chi connectivity index (χ0n) is 13.1. The van der Waals surface area contributed by atoms with Gasteiger partial charge < -0.3 is 4.74 Å². The van der Waals surface area contributed by atoms with Crippen molar-refractivity contribution in [3.05, 3.63) is 41.6 Å². The van der Waals surface area contributed by atoms with E-state index in [1.54, 1.807) is 4.68 Å². The van der Waals surface area contributed by atoms with E-state index in [0.29, 0.717) is 5.82 Å². The third kappa shape index (κ3) is 3.42. The van der Waals surface area contributed by atoms with Gasteiger partial charge in [0.1, 0.15) is 5.82 Å². The summed E-state index contributed by atoms with van der Waals surface area (Å²) in [6, 6.07) is 9.83. The minimum Gasteiger partial charge on any atom is -0.453 e. The molecule has 1 aromatic carbocycles. The van der Waals surface area contributed by atoms with Crippen molar-refractivity contribution < 1.29 is 9.53 Å². The molecule has 1 aromatic heterocycles. The molecule has 0 spiro atoms. The van der Waals surface area contributed by atoms with Crippen molar-refractivity contribution in [2.75, 3.05) is 12.4 Å². The van der Waals surface area contributed by atoms with Crippen molar-refractivity contribution in [1.29, 1.82) is 0 Å². The highest BCUT2D eigenvalue weighted by Crippen LogP contribution is 2.26. The first-order valence-corrected chi connectivity index (χ1v) is 6.84. The lowest BCUT2D eigenvalue weighted by molar-refractivity contribution is 0.186. The number of benzene rings is 1. The summed E-state index contributed by atoms with van der Waals surface area (Å²) >= 11 is 0. The molecule has 2 aromatic rings. The molecule has 0 aliphatic rings.